The Hall–Kier alpha value is -0.610. The zero-order chi connectivity index (χ0) is 14.4. The van der Waals surface area contributed by atoms with Gasteiger partial charge in [0.2, 0.25) is 5.91 Å². The van der Waals surface area contributed by atoms with Crippen molar-refractivity contribution in [1.29, 1.82) is 0 Å². The van der Waals surface area contributed by atoms with Crippen molar-refractivity contribution in [3.05, 3.63) is 0 Å². The maximum absolute atomic E-state index is 12.2. The van der Waals surface area contributed by atoms with E-state index in [0.717, 1.165) is 38.4 Å². The van der Waals surface area contributed by atoms with Crippen LogP contribution >= 0.6 is 0 Å². The van der Waals surface area contributed by atoms with Gasteiger partial charge in [-0.3, -0.25) is 9.69 Å². The second-order valence-corrected chi connectivity index (χ2v) is 6.83. The van der Waals surface area contributed by atoms with Crippen molar-refractivity contribution < 1.29 is 4.79 Å². The second kappa shape index (κ2) is 7.99. The topological polar surface area (TPSA) is 44.4 Å². The lowest BCUT2D eigenvalue weighted by Gasteiger charge is -2.33. The second-order valence-electron chi connectivity index (χ2n) is 6.83. The number of nitrogens with zero attached hydrogens (tertiary/aromatic N) is 1. The first-order valence-corrected chi connectivity index (χ1v) is 8.33. The lowest BCUT2D eigenvalue weighted by Crippen LogP contribution is -2.47. The molecule has 1 heterocycles. The van der Waals surface area contributed by atoms with Gasteiger partial charge in [-0.2, -0.15) is 0 Å². The molecule has 0 aromatic heterocycles. The van der Waals surface area contributed by atoms with Crippen LogP contribution in [0.4, 0.5) is 0 Å². The average molecular weight is 281 g/mol. The number of likely N-dealkylation sites (tertiary alicyclic amines) is 1. The summed E-state index contributed by atoms with van der Waals surface area (Å²) in [6, 6.07) is 0.427. The van der Waals surface area contributed by atoms with Gasteiger partial charge >= 0.3 is 0 Å². The van der Waals surface area contributed by atoms with E-state index in [-0.39, 0.29) is 5.91 Å². The number of rotatable bonds is 5. The summed E-state index contributed by atoms with van der Waals surface area (Å²) in [6.45, 7) is 6.11. The Morgan fingerprint density at radius 1 is 1.20 bits per heavy atom. The summed E-state index contributed by atoms with van der Waals surface area (Å²) in [6.07, 6.45) is 7.36. The first-order valence-electron chi connectivity index (χ1n) is 8.33. The summed E-state index contributed by atoms with van der Waals surface area (Å²) >= 11 is 0. The smallest absolute Gasteiger partial charge is 0.234 e. The monoisotopic (exact) mass is 281 g/mol. The number of hydrogen-bond acceptors (Lipinski definition) is 3. The molecule has 4 nitrogen and oxygen atoms in total. The van der Waals surface area contributed by atoms with Crippen molar-refractivity contribution in [2.75, 3.05) is 33.2 Å². The average Bonchev–Trinajstić information content (AvgIpc) is 2.42. The highest BCUT2D eigenvalue weighted by atomic mass is 16.2. The molecule has 2 rings (SSSR count). The van der Waals surface area contributed by atoms with Crippen LogP contribution in [0.1, 0.15) is 45.4 Å². The molecule has 2 N–H and O–H groups in total. The Kier molecular flexibility index (Phi) is 6.30. The molecule has 1 aliphatic heterocycles. The Morgan fingerprint density at radius 2 is 1.95 bits per heavy atom. The van der Waals surface area contributed by atoms with Crippen molar-refractivity contribution in [2.24, 2.45) is 11.8 Å². The number of carbonyl (C=O) groups is 1. The van der Waals surface area contributed by atoms with Gasteiger partial charge in [-0.25, -0.2) is 0 Å². The van der Waals surface area contributed by atoms with E-state index in [2.05, 4.69) is 22.5 Å². The van der Waals surface area contributed by atoms with E-state index >= 15 is 0 Å². The zero-order valence-corrected chi connectivity index (χ0v) is 13.2. The van der Waals surface area contributed by atoms with E-state index in [9.17, 15) is 4.79 Å². The molecule has 0 spiro atoms. The molecule has 2 fully saturated rings. The van der Waals surface area contributed by atoms with Gasteiger partial charge < -0.3 is 10.6 Å². The van der Waals surface area contributed by atoms with E-state index < -0.39 is 0 Å². The standard InChI is InChI=1S/C16H31N3O/c1-13-5-7-15(8-6-13)18-16(20)12-19-9-3-4-14(11-19)10-17-2/h13-15,17H,3-12H2,1-2H3,(H,18,20). The molecule has 116 valence electrons. The summed E-state index contributed by atoms with van der Waals surface area (Å²) in [5, 5.41) is 6.49. The van der Waals surface area contributed by atoms with E-state index in [1.807, 2.05) is 7.05 Å². The van der Waals surface area contributed by atoms with Gasteiger partial charge in [-0.05, 0) is 70.5 Å². The molecule has 1 unspecified atom stereocenters. The summed E-state index contributed by atoms with van der Waals surface area (Å²) in [4.78, 5) is 14.5. The van der Waals surface area contributed by atoms with Crippen LogP contribution < -0.4 is 10.6 Å². The van der Waals surface area contributed by atoms with Gasteiger partial charge in [-0.1, -0.05) is 6.92 Å². The molecular weight excluding hydrogens is 250 g/mol. The molecular formula is C16H31N3O. The van der Waals surface area contributed by atoms with Crippen LogP contribution in [-0.2, 0) is 4.79 Å². The quantitative estimate of drug-likeness (QED) is 0.805. The molecule has 0 bridgehead atoms. The molecule has 1 atom stereocenters. The first-order chi connectivity index (χ1) is 9.67. The third-order valence-electron chi connectivity index (χ3n) is 4.84. The molecule has 1 saturated heterocycles. The molecule has 1 amide bonds. The van der Waals surface area contributed by atoms with E-state index in [0.29, 0.717) is 18.5 Å². The van der Waals surface area contributed by atoms with Crippen LogP contribution in [0.25, 0.3) is 0 Å². The van der Waals surface area contributed by atoms with E-state index in [4.69, 9.17) is 0 Å². The van der Waals surface area contributed by atoms with Crippen LogP contribution in [0.5, 0.6) is 0 Å². The molecule has 2 aliphatic rings. The minimum Gasteiger partial charge on any atom is -0.352 e. The maximum Gasteiger partial charge on any atom is 0.234 e. The Labute approximate surface area is 123 Å². The minimum atomic E-state index is 0.231. The van der Waals surface area contributed by atoms with Gasteiger partial charge in [0.25, 0.3) is 0 Å². The fourth-order valence-electron chi connectivity index (χ4n) is 3.63. The van der Waals surface area contributed by atoms with Crippen LogP contribution in [0.2, 0.25) is 0 Å². The summed E-state index contributed by atoms with van der Waals surface area (Å²) in [5.41, 5.74) is 0. The summed E-state index contributed by atoms with van der Waals surface area (Å²) in [5.74, 6) is 1.78. The number of piperidine rings is 1. The van der Waals surface area contributed by atoms with Crippen molar-refractivity contribution in [2.45, 2.75) is 51.5 Å². The van der Waals surface area contributed by atoms with Gasteiger partial charge in [-0.15, -0.1) is 0 Å². The third kappa shape index (κ3) is 5.06. The molecule has 0 radical (unpaired) electrons. The van der Waals surface area contributed by atoms with Gasteiger partial charge in [0.15, 0.2) is 0 Å². The van der Waals surface area contributed by atoms with Crippen LogP contribution in [0, 0.1) is 11.8 Å². The largest absolute Gasteiger partial charge is 0.352 e. The Bertz CT molecular complexity index is 298. The SMILES string of the molecule is CNCC1CCCN(CC(=O)NC2CCC(C)CC2)C1. The van der Waals surface area contributed by atoms with Crippen molar-refractivity contribution >= 4 is 5.91 Å². The lowest BCUT2D eigenvalue weighted by molar-refractivity contribution is -0.123. The normalized spacial score (nSPS) is 32.0. The van der Waals surface area contributed by atoms with Crippen molar-refractivity contribution in [1.82, 2.24) is 15.5 Å². The lowest BCUT2D eigenvalue weighted by atomic mass is 9.87. The first kappa shape index (κ1) is 15.8. The number of amides is 1. The van der Waals surface area contributed by atoms with Gasteiger partial charge in [0.05, 0.1) is 6.54 Å². The predicted octanol–water partition coefficient (Wildman–Crippen LogP) is 1.61. The number of nitrogens with one attached hydrogen (secondary N) is 2. The van der Waals surface area contributed by atoms with Gasteiger partial charge in [0, 0.05) is 12.6 Å². The highest BCUT2D eigenvalue weighted by molar-refractivity contribution is 5.78. The molecule has 0 aromatic rings. The highest BCUT2D eigenvalue weighted by Gasteiger charge is 2.23. The van der Waals surface area contributed by atoms with E-state index in [1.165, 1.54) is 25.7 Å². The minimum absolute atomic E-state index is 0.231. The van der Waals surface area contributed by atoms with Gasteiger partial charge in [0.1, 0.15) is 0 Å². The molecule has 1 saturated carbocycles. The molecule has 1 aliphatic carbocycles. The van der Waals surface area contributed by atoms with Crippen molar-refractivity contribution in [3.63, 3.8) is 0 Å². The number of carbonyl (C=O) groups excluding carboxylic acids is 1. The van der Waals surface area contributed by atoms with Crippen LogP contribution in [0.3, 0.4) is 0 Å². The molecule has 4 heteroatoms. The Balaban J connectivity index is 1.68. The van der Waals surface area contributed by atoms with Crippen molar-refractivity contribution in [3.8, 4) is 0 Å². The maximum atomic E-state index is 12.2. The summed E-state index contributed by atoms with van der Waals surface area (Å²) in [7, 11) is 2.01. The molecule has 20 heavy (non-hydrogen) atoms. The fourth-order valence-corrected chi connectivity index (χ4v) is 3.63. The third-order valence-corrected chi connectivity index (χ3v) is 4.84. The zero-order valence-electron chi connectivity index (χ0n) is 13.2. The highest BCUT2D eigenvalue weighted by Crippen LogP contribution is 2.23. The van der Waals surface area contributed by atoms with Crippen LogP contribution in [0.15, 0.2) is 0 Å². The molecule has 0 aromatic carbocycles. The van der Waals surface area contributed by atoms with E-state index in [1.54, 1.807) is 0 Å². The number of hydrogen-bond donors (Lipinski definition) is 2. The van der Waals surface area contributed by atoms with Crippen LogP contribution in [-0.4, -0.2) is 50.1 Å². The Morgan fingerprint density at radius 3 is 2.65 bits per heavy atom. The predicted molar refractivity (Wildman–Crippen MR) is 82.7 cm³/mol. The summed E-state index contributed by atoms with van der Waals surface area (Å²) < 4.78 is 0. The fraction of sp³-hybridized carbons (Fsp3) is 0.938.